The summed E-state index contributed by atoms with van der Waals surface area (Å²) < 4.78 is 0. The molecule has 0 saturated heterocycles. The first-order chi connectivity index (χ1) is 10.3. The van der Waals surface area contributed by atoms with Crippen molar-refractivity contribution in [3.8, 4) is 0 Å². The van der Waals surface area contributed by atoms with E-state index in [1.54, 1.807) is 18.0 Å². The van der Waals surface area contributed by atoms with Crippen LogP contribution in [0.25, 0.3) is 0 Å². The van der Waals surface area contributed by atoms with Crippen LogP contribution in [0.15, 0.2) is 46.5 Å². The maximum Gasteiger partial charge on any atom is 0.124 e. The number of nitrogens with zero attached hydrogens (tertiary/aromatic N) is 1. The molecule has 1 aliphatic carbocycles. The van der Waals surface area contributed by atoms with E-state index in [1.807, 2.05) is 12.1 Å². The Balaban J connectivity index is 2.01. The molecule has 0 saturated carbocycles. The van der Waals surface area contributed by atoms with Crippen molar-refractivity contribution in [2.75, 3.05) is 5.73 Å². The molecule has 2 aromatic rings. The fourth-order valence-corrected chi connectivity index (χ4v) is 4.07. The molecule has 1 aromatic carbocycles. The predicted molar refractivity (Wildman–Crippen MR) is 94.5 cm³/mol. The zero-order valence-corrected chi connectivity index (χ0v) is 14.6. The molecule has 1 aromatic heterocycles. The number of fused-ring (bicyclic) bond motifs is 1. The van der Waals surface area contributed by atoms with Gasteiger partial charge in [-0.2, -0.15) is 0 Å². The summed E-state index contributed by atoms with van der Waals surface area (Å²) in [6, 6.07) is 10.6. The van der Waals surface area contributed by atoms with E-state index in [2.05, 4.69) is 50.9 Å². The van der Waals surface area contributed by atoms with Crippen molar-refractivity contribution < 1.29 is 0 Å². The molecular formula is C19H24N2S. The smallest absolute Gasteiger partial charge is 0.124 e. The predicted octanol–water partition coefficient (Wildman–Crippen LogP) is 5.16. The van der Waals surface area contributed by atoms with Gasteiger partial charge in [-0.25, -0.2) is 4.98 Å². The number of benzene rings is 1. The summed E-state index contributed by atoms with van der Waals surface area (Å²) in [5, 5.41) is 0.885. The molecule has 0 fully saturated rings. The average molecular weight is 312 g/mol. The van der Waals surface area contributed by atoms with Gasteiger partial charge in [0, 0.05) is 11.1 Å². The summed E-state index contributed by atoms with van der Waals surface area (Å²) in [5.74, 6) is 0. The molecular weight excluding hydrogens is 288 g/mol. The molecule has 22 heavy (non-hydrogen) atoms. The summed E-state index contributed by atoms with van der Waals surface area (Å²) >= 11 is 1.65. The summed E-state index contributed by atoms with van der Waals surface area (Å²) in [5.41, 5.74) is 10.2. The lowest BCUT2D eigenvalue weighted by atomic mass is 9.63. The van der Waals surface area contributed by atoms with E-state index in [4.69, 9.17) is 5.73 Å². The van der Waals surface area contributed by atoms with E-state index in [1.165, 1.54) is 28.9 Å². The van der Waals surface area contributed by atoms with Gasteiger partial charge in [-0.1, -0.05) is 45.5 Å². The third kappa shape index (κ3) is 2.74. The number of anilines is 1. The second-order valence-corrected chi connectivity index (χ2v) is 8.54. The van der Waals surface area contributed by atoms with Crippen LogP contribution in [-0.4, -0.2) is 4.98 Å². The van der Waals surface area contributed by atoms with Gasteiger partial charge in [0.2, 0.25) is 0 Å². The summed E-state index contributed by atoms with van der Waals surface area (Å²) in [4.78, 5) is 5.61. The number of rotatable bonds is 2. The molecule has 0 unspecified atom stereocenters. The first-order valence-corrected chi connectivity index (χ1v) is 8.65. The normalized spacial score (nSPS) is 18.7. The van der Waals surface area contributed by atoms with Crippen molar-refractivity contribution in [2.24, 2.45) is 0 Å². The van der Waals surface area contributed by atoms with Crippen molar-refractivity contribution in [3.63, 3.8) is 0 Å². The fourth-order valence-electron chi connectivity index (χ4n) is 3.23. The van der Waals surface area contributed by atoms with Gasteiger partial charge in [0.25, 0.3) is 0 Å². The van der Waals surface area contributed by atoms with E-state index in [-0.39, 0.29) is 10.8 Å². The van der Waals surface area contributed by atoms with E-state index in [9.17, 15) is 0 Å². The van der Waals surface area contributed by atoms with Gasteiger partial charge < -0.3 is 5.73 Å². The Bertz CT molecular complexity index is 704. The Labute approximate surface area is 137 Å². The molecule has 3 rings (SSSR count). The molecule has 0 amide bonds. The first kappa shape index (κ1) is 15.4. The van der Waals surface area contributed by atoms with Gasteiger partial charge in [-0.3, -0.25) is 0 Å². The quantitative estimate of drug-likeness (QED) is 0.832. The molecule has 2 N–H and O–H groups in total. The lowest BCUT2D eigenvalue weighted by molar-refractivity contribution is 0.331. The Hall–Kier alpha value is -1.48. The molecule has 0 atom stereocenters. The minimum atomic E-state index is 0.233. The van der Waals surface area contributed by atoms with E-state index in [0.717, 1.165) is 10.7 Å². The summed E-state index contributed by atoms with van der Waals surface area (Å²) in [6.07, 6.45) is 4.27. The zero-order valence-electron chi connectivity index (χ0n) is 13.8. The first-order valence-electron chi connectivity index (χ1n) is 7.83. The minimum absolute atomic E-state index is 0.233. The minimum Gasteiger partial charge on any atom is -0.397 e. The van der Waals surface area contributed by atoms with Crippen molar-refractivity contribution in [3.05, 3.63) is 47.7 Å². The van der Waals surface area contributed by atoms with Crippen LogP contribution in [0.1, 0.15) is 51.7 Å². The molecule has 0 aliphatic heterocycles. The highest BCUT2D eigenvalue weighted by molar-refractivity contribution is 7.99. The number of pyridine rings is 1. The van der Waals surface area contributed by atoms with Crippen LogP contribution in [0.5, 0.6) is 0 Å². The number of nitrogens with two attached hydrogens (primary N) is 1. The molecule has 1 heterocycles. The monoisotopic (exact) mass is 312 g/mol. The van der Waals surface area contributed by atoms with Gasteiger partial charge in [0.1, 0.15) is 5.03 Å². The topological polar surface area (TPSA) is 38.9 Å². The van der Waals surface area contributed by atoms with Crippen LogP contribution < -0.4 is 5.73 Å². The van der Waals surface area contributed by atoms with Crippen LogP contribution in [-0.2, 0) is 10.8 Å². The van der Waals surface area contributed by atoms with E-state index >= 15 is 0 Å². The molecule has 3 heteroatoms. The lowest BCUT2D eigenvalue weighted by Crippen LogP contribution is -2.33. The van der Waals surface area contributed by atoms with Gasteiger partial charge in [0.05, 0.1) is 5.69 Å². The van der Waals surface area contributed by atoms with Crippen LogP contribution >= 0.6 is 11.8 Å². The SMILES string of the molecule is CC1(C)CCC(C)(C)c2cc(Sc3ncccc3N)ccc21. The van der Waals surface area contributed by atoms with Crippen molar-refractivity contribution in [2.45, 2.75) is 61.3 Å². The van der Waals surface area contributed by atoms with Gasteiger partial charge in [0.15, 0.2) is 0 Å². The maximum atomic E-state index is 6.02. The molecule has 116 valence electrons. The molecule has 0 bridgehead atoms. The average Bonchev–Trinajstić information content (AvgIpc) is 2.47. The van der Waals surface area contributed by atoms with Crippen molar-refractivity contribution in [1.82, 2.24) is 4.98 Å². The van der Waals surface area contributed by atoms with Gasteiger partial charge >= 0.3 is 0 Å². The third-order valence-corrected chi connectivity index (χ3v) is 5.86. The Morgan fingerprint density at radius 2 is 1.68 bits per heavy atom. The third-order valence-electron chi connectivity index (χ3n) is 4.84. The highest BCUT2D eigenvalue weighted by Crippen LogP contribution is 2.47. The van der Waals surface area contributed by atoms with E-state index in [0.29, 0.717) is 0 Å². The Morgan fingerprint density at radius 3 is 2.36 bits per heavy atom. The summed E-state index contributed by atoms with van der Waals surface area (Å²) in [7, 11) is 0. The Morgan fingerprint density at radius 1 is 1.00 bits per heavy atom. The van der Waals surface area contributed by atoms with E-state index < -0.39 is 0 Å². The maximum absolute atomic E-state index is 6.02. The largest absolute Gasteiger partial charge is 0.397 e. The molecule has 2 nitrogen and oxygen atoms in total. The second-order valence-electron chi connectivity index (χ2n) is 7.48. The highest BCUT2D eigenvalue weighted by Gasteiger charge is 2.36. The number of hydrogen-bond donors (Lipinski definition) is 1. The molecule has 0 spiro atoms. The lowest BCUT2D eigenvalue weighted by Gasteiger charge is -2.42. The van der Waals surface area contributed by atoms with Gasteiger partial charge in [-0.15, -0.1) is 0 Å². The fraction of sp³-hybridized carbons (Fsp3) is 0.421. The van der Waals surface area contributed by atoms with Crippen LogP contribution in [0.2, 0.25) is 0 Å². The number of hydrogen-bond acceptors (Lipinski definition) is 3. The second kappa shape index (κ2) is 5.31. The molecule has 0 radical (unpaired) electrons. The van der Waals surface area contributed by atoms with Crippen molar-refractivity contribution >= 4 is 17.4 Å². The van der Waals surface area contributed by atoms with Crippen LogP contribution in [0.3, 0.4) is 0 Å². The van der Waals surface area contributed by atoms with Crippen molar-refractivity contribution in [1.29, 1.82) is 0 Å². The van der Waals surface area contributed by atoms with Gasteiger partial charge in [-0.05, 0) is 59.1 Å². The van der Waals surface area contributed by atoms with Crippen LogP contribution in [0, 0.1) is 0 Å². The summed E-state index contributed by atoms with van der Waals surface area (Å²) in [6.45, 7) is 9.41. The highest BCUT2D eigenvalue weighted by atomic mass is 32.2. The zero-order chi connectivity index (χ0) is 16.0. The van der Waals surface area contributed by atoms with Crippen LogP contribution in [0.4, 0.5) is 5.69 Å². The number of aromatic nitrogens is 1. The molecule has 1 aliphatic rings. The Kier molecular flexibility index (Phi) is 3.72. The standard InChI is InChI=1S/C19H24N2S/c1-18(2)9-10-19(3,4)15-12-13(7-8-14(15)18)22-17-16(20)6-5-11-21-17/h5-8,11-12H,9-10,20H2,1-4H3. The number of nitrogen functional groups attached to an aromatic ring is 1.